The highest BCUT2D eigenvalue weighted by molar-refractivity contribution is 7.12. The molecule has 5 nitrogen and oxygen atoms in total. The Kier molecular flexibility index (Phi) is 6.19. The van der Waals surface area contributed by atoms with E-state index in [1.165, 1.54) is 17.8 Å². The fourth-order valence-electron chi connectivity index (χ4n) is 4.18. The van der Waals surface area contributed by atoms with Crippen molar-refractivity contribution in [3.8, 4) is 0 Å². The largest absolute Gasteiger partial charge is 0.371 e. The number of anilines is 2. The Morgan fingerprint density at radius 2 is 1.79 bits per heavy atom. The van der Waals surface area contributed by atoms with Crippen molar-refractivity contribution in [2.45, 2.75) is 39.0 Å². The third kappa shape index (κ3) is 4.64. The highest BCUT2D eigenvalue weighted by Crippen LogP contribution is 2.30. The number of rotatable bonds is 4. The van der Waals surface area contributed by atoms with Gasteiger partial charge in [0.15, 0.2) is 0 Å². The lowest BCUT2D eigenvalue weighted by Crippen LogP contribution is -2.38. The molecule has 154 valence electrons. The maximum atomic E-state index is 13.4. The smallest absolute Gasteiger partial charge is 0.265 e. The van der Waals surface area contributed by atoms with Gasteiger partial charge in [0.25, 0.3) is 11.8 Å². The van der Waals surface area contributed by atoms with Crippen LogP contribution in [0.15, 0.2) is 35.7 Å². The Hall–Kier alpha value is -2.34. The maximum absolute atomic E-state index is 13.4. The number of thiophene rings is 1. The van der Waals surface area contributed by atoms with Crippen molar-refractivity contribution >= 4 is 34.5 Å². The summed E-state index contributed by atoms with van der Waals surface area (Å²) in [6.07, 6.45) is 5.62. The number of nitrogens with one attached hydrogen (secondary N) is 1. The van der Waals surface area contributed by atoms with E-state index in [1.54, 1.807) is 0 Å². The summed E-state index contributed by atoms with van der Waals surface area (Å²) in [5, 5.41) is 4.85. The van der Waals surface area contributed by atoms with E-state index in [4.69, 9.17) is 0 Å². The summed E-state index contributed by atoms with van der Waals surface area (Å²) in [4.78, 5) is 30.8. The second kappa shape index (κ2) is 8.99. The minimum atomic E-state index is -0.129. The van der Waals surface area contributed by atoms with Crippen LogP contribution in [-0.2, 0) is 0 Å². The zero-order valence-corrected chi connectivity index (χ0v) is 17.8. The zero-order chi connectivity index (χ0) is 20.2. The van der Waals surface area contributed by atoms with Crippen LogP contribution >= 0.6 is 11.3 Å². The fraction of sp³-hybridized carbons (Fsp3) is 0.478. The standard InChI is InChI=1S/C23H29N3O2S/c1-17-9-13-25(14-10-17)20-8-7-18(24-22(27)21-6-5-15-29-21)16-19(20)23(28)26-11-3-2-4-12-26/h5-8,15-17H,2-4,9-14H2,1H3,(H,24,27). The Morgan fingerprint density at radius 3 is 2.48 bits per heavy atom. The zero-order valence-electron chi connectivity index (χ0n) is 17.0. The third-order valence-corrected chi connectivity index (χ3v) is 6.87. The molecular weight excluding hydrogens is 382 g/mol. The average molecular weight is 412 g/mol. The lowest BCUT2D eigenvalue weighted by Gasteiger charge is -2.35. The van der Waals surface area contributed by atoms with E-state index in [-0.39, 0.29) is 11.8 Å². The van der Waals surface area contributed by atoms with Crippen molar-refractivity contribution in [3.05, 3.63) is 46.2 Å². The van der Waals surface area contributed by atoms with Gasteiger partial charge in [-0.2, -0.15) is 0 Å². The number of carbonyl (C=O) groups excluding carboxylic acids is 2. The van der Waals surface area contributed by atoms with Crippen LogP contribution in [-0.4, -0.2) is 42.9 Å². The summed E-state index contributed by atoms with van der Waals surface area (Å²) in [5.41, 5.74) is 2.39. The number of carbonyl (C=O) groups is 2. The van der Waals surface area contributed by atoms with Gasteiger partial charge in [-0.05, 0) is 67.7 Å². The number of likely N-dealkylation sites (tertiary alicyclic amines) is 1. The Morgan fingerprint density at radius 1 is 1.03 bits per heavy atom. The van der Waals surface area contributed by atoms with Gasteiger partial charge in [-0.15, -0.1) is 11.3 Å². The normalized spacial score (nSPS) is 18.0. The van der Waals surface area contributed by atoms with Crippen LogP contribution in [0.5, 0.6) is 0 Å². The first kappa shape index (κ1) is 20.0. The Balaban J connectivity index is 1.61. The van der Waals surface area contributed by atoms with Crippen LogP contribution in [0.3, 0.4) is 0 Å². The molecule has 1 aromatic heterocycles. The minimum absolute atomic E-state index is 0.0885. The molecule has 0 unspecified atom stereocenters. The van der Waals surface area contributed by atoms with Gasteiger partial charge < -0.3 is 15.1 Å². The molecule has 6 heteroatoms. The summed E-state index contributed by atoms with van der Waals surface area (Å²) in [6, 6.07) is 9.48. The van der Waals surface area contributed by atoms with Crippen LogP contribution in [0.4, 0.5) is 11.4 Å². The average Bonchev–Trinajstić information content (AvgIpc) is 3.30. The molecule has 2 amide bonds. The molecule has 2 saturated heterocycles. The van der Waals surface area contributed by atoms with E-state index in [0.717, 1.165) is 63.5 Å². The molecular formula is C23H29N3O2S. The summed E-state index contributed by atoms with van der Waals surface area (Å²) in [5.74, 6) is 0.693. The molecule has 0 spiro atoms. The number of hydrogen-bond donors (Lipinski definition) is 1. The summed E-state index contributed by atoms with van der Waals surface area (Å²) in [6.45, 7) is 5.88. The van der Waals surface area contributed by atoms with Gasteiger partial charge >= 0.3 is 0 Å². The van der Waals surface area contributed by atoms with Gasteiger partial charge in [0.2, 0.25) is 0 Å². The molecule has 0 bridgehead atoms. The molecule has 29 heavy (non-hydrogen) atoms. The molecule has 0 saturated carbocycles. The Labute approximate surface area is 176 Å². The predicted molar refractivity (Wildman–Crippen MR) is 119 cm³/mol. The SMILES string of the molecule is CC1CCN(c2ccc(NC(=O)c3cccs3)cc2C(=O)N2CCCCC2)CC1. The first-order chi connectivity index (χ1) is 14.1. The number of nitrogens with zero attached hydrogens (tertiary/aromatic N) is 2. The first-order valence-electron chi connectivity index (χ1n) is 10.6. The summed E-state index contributed by atoms with van der Waals surface area (Å²) >= 11 is 1.41. The predicted octanol–water partition coefficient (Wildman–Crippen LogP) is 4.86. The van der Waals surface area contributed by atoms with Gasteiger partial charge in [0.1, 0.15) is 0 Å². The van der Waals surface area contributed by atoms with Crippen LogP contribution in [0, 0.1) is 5.92 Å². The lowest BCUT2D eigenvalue weighted by atomic mass is 9.97. The van der Waals surface area contributed by atoms with Gasteiger partial charge in [0, 0.05) is 37.6 Å². The molecule has 0 radical (unpaired) electrons. The topological polar surface area (TPSA) is 52.7 Å². The molecule has 2 aromatic rings. The molecule has 2 aliphatic heterocycles. The van der Waals surface area contributed by atoms with Crippen molar-refractivity contribution in [2.24, 2.45) is 5.92 Å². The third-order valence-electron chi connectivity index (χ3n) is 6.00. The highest BCUT2D eigenvalue weighted by Gasteiger charge is 2.25. The lowest BCUT2D eigenvalue weighted by molar-refractivity contribution is 0.0724. The molecule has 0 atom stereocenters. The maximum Gasteiger partial charge on any atom is 0.265 e. The molecule has 3 heterocycles. The Bertz CT molecular complexity index is 851. The van der Waals surface area contributed by atoms with Crippen LogP contribution in [0.25, 0.3) is 0 Å². The van der Waals surface area contributed by atoms with E-state index in [0.29, 0.717) is 16.1 Å². The molecule has 0 aliphatic carbocycles. The van der Waals surface area contributed by atoms with Crippen molar-refractivity contribution < 1.29 is 9.59 Å². The fourth-order valence-corrected chi connectivity index (χ4v) is 4.80. The van der Waals surface area contributed by atoms with Gasteiger partial charge in [0.05, 0.1) is 10.4 Å². The van der Waals surface area contributed by atoms with Gasteiger partial charge in [-0.3, -0.25) is 9.59 Å². The van der Waals surface area contributed by atoms with Crippen LogP contribution in [0.2, 0.25) is 0 Å². The summed E-state index contributed by atoms with van der Waals surface area (Å²) < 4.78 is 0. The van der Waals surface area contributed by atoms with Crippen molar-refractivity contribution in [1.29, 1.82) is 0 Å². The molecule has 4 rings (SSSR count). The van der Waals surface area contributed by atoms with Crippen LogP contribution in [0.1, 0.15) is 59.1 Å². The second-order valence-electron chi connectivity index (χ2n) is 8.19. The van der Waals surface area contributed by atoms with E-state index >= 15 is 0 Å². The van der Waals surface area contributed by atoms with Gasteiger partial charge in [-0.1, -0.05) is 13.0 Å². The van der Waals surface area contributed by atoms with E-state index in [2.05, 4.69) is 17.1 Å². The quantitative estimate of drug-likeness (QED) is 0.781. The molecule has 1 aromatic carbocycles. The van der Waals surface area contributed by atoms with Crippen molar-refractivity contribution in [1.82, 2.24) is 4.90 Å². The second-order valence-corrected chi connectivity index (χ2v) is 9.13. The minimum Gasteiger partial charge on any atom is -0.371 e. The first-order valence-corrected chi connectivity index (χ1v) is 11.5. The monoisotopic (exact) mass is 411 g/mol. The number of hydrogen-bond acceptors (Lipinski definition) is 4. The van der Waals surface area contributed by atoms with Crippen molar-refractivity contribution in [3.63, 3.8) is 0 Å². The van der Waals surface area contributed by atoms with Crippen LogP contribution < -0.4 is 10.2 Å². The molecule has 1 N–H and O–H groups in total. The van der Waals surface area contributed by atoms with Crippen molar-refractivity contribution in [2.75, 3.05) is 36.4 Å². The molecule has 2 fully saturated rings. The van der Waals surface area contributed by atoms with E-state index in [9.17, 15) is 9.59 Å². The number of benzene rings is 1. The number of amides is 2. The van der Waals surface area contributed by atoms with Gasteiger partial charge in [-0.25, -0.2) is 0 Å². The highest BCUT2D eigenvalue weighted by atomic mass is 32.1. The van der Waals surface area contributed by atoms with E-state index < -0.39 is 0 Å². The molecule has 2 aliphatic rings. The number of piperidine rings is 2. The summed E-state index contributed by atoms with van der Waals surface area (Å²) in [7, 11) is 0. The van der Waals surface area contributed by atoms with E-state index in [1.807, 2.05) is 40.6 Å².